The molecule has 0 aromatic carbocycles. The second-order valence-corrected chi connectivity index (χ2v) is 3.21. The van der Waals surface area contributed by atoms with Gasteiger partial charge in [-0.2, -0.15) is 0 Å². The zero-order chi connectivity index (χ0) is 10.8. The number of hydrogen-bond acceptors (Lipinski definition) is 3. The largest absolute Gasteiger partial charge is 0.396 e. The summed E-state index contributed by atoms with van der Waals surface area (Å²) in [6.07, 6.45) is 1.94. The van der Waals surface area contributed by atoms with E-state index in [-0.39, 0.29) is 19.0 Å². The lowest BCUT2D eigenvalue weighted by Gasteiger charge is -2.00. The van der Waals surface area contributed by atoms with Crippen LogP contribution < -0.4 is 0 Å². The first-order chi connectivity index (χ1) is 7.26. The quantitative estimate of drug-likeness (QED) is 0.775. The van der Waals surface area contributed by atoms with Crippen LogP contribution >= 0.6 is 0 Å². The SMILES string of the molecule is OCCc1c(CO)nc2cc(F)ccn12. The zero-order valence-electron chi connectivity index (χ0n) is 8.02. The maximum absolute atomic E-state index is 12.9. The summed E-state index contributed by atoms with van der Waals surface area (Å²) in [5.74, 6) is -0.368. The van der Waals surface area contributed by atoms with Gasteiger partial charge >= 0.3 is 0 Å². The average Bonchev–Trinajstić information content (AvgIpc) is 2.56. The molecule has 2 heterocycles. The van der Waals surface area contributed by atoms with Crippen molar-refractivity contribution in [2.24, 2.45) is 0 Å². The number of aromatic nitrogens is 2. The van der Waals surface area contributed by atoms with E-state index in [1.165, 1.54) is 12.1 Å². The van der Waals surface area contributed by atoms with E-state index < -0.39 is 0 Å². The smallest absolute Gasteiger partial charge is 0.140 e. The van der Waals surface area contributed by atoms with Crippen LogP contribution in [0.25, 0.3) is 5.65 Å². The molecule has 4 nitrogen and oxygen atoms in total. The summed E-state index contributed by atoms with van der Waals surface area (Å²) in [5, 5.41) is 17.9. The van der Waals surface area contributed by atoms with E-state index in [9.17, 15) is 4.39 Å². The molecule has 80 valence electrons. The van der Waals surface area contributed by atoms with Crippen molar-refractivity contribution in [2.45, 2.75) is 13.0 Å². The number of fused-ring (bicyclic) bond motifs is 1. The molecule has 0 saturated heterocycles. The van der Waals surface area contributed by atoms with Crippen LogP contribution in [-0.2, 0) is 13.0 Å². The average molecular weight is 210 g/mol. The summed E-state index contributed by atoms with van der Waals surface area (Å²) in [6, 6.07) is 2.61. The predicted molar refractivity (Wildman–Crippen MR) is 51.9 cm³/mol. The topological polar surface area (TPSA) is 57.8 Å². The van der Waals surface area contributed by atoms with Crippen LogP contribution in [-0.4, -0.2) is 26.2 Å². The molecule has 0 atom stereocenters. The van der Waals surface area contributed by atoms with Crippen molar-refractivity contribution in [2.75, 3.05) is 6.61 Å². The molecule has 0 bridgehead atoms. The number of rotatable bonds is 3. The minimum atomic E-state index is -0.368. The fourth-order valence-electron chi connectivity index (χ4n) is 1.62. The Bertz CT molecular complexity index is 481. The lowest BCUT2D eigenvalue weighted by atomic mass is 10.2. The Kier molecular flexibility index (Phi) is 2.66. The summed E-state index contributed by atoms with van der Waals surface area (Å²) in [6.45, 7) is -0.239. The molecule has 0 amide bonds. The van der Waals surface area contributed by atoms with Crippen LogP contribution in [0.2, 0.25) is 0 Å². The van der Waals surface area contributed by atoms with Gasteiger partial charge in [-0.05, 0) is 6.07 Å². The van der Waals surface area contributed by atoms with Crippen molar-refractivity contribution in [1.29, 1.82) is 0 Å². The number of hydrogen-bond donors (Lipinski definition) is 2. The van der Waals surface area contributed by atoms with Crippen molar-refractivity contribution < 1.29 is 14.6 Å². The first-order valence-electron chi connectivity index (χ1n) is 4.63. The number of halogens is 1. The number of aliphatic hydroxyl groups excluding tert-OH is 2. The highest BCUT2D eigenvalue weighted by Crippen LogP contribution is 2.14. The van der Waals surface area contributed by atoms with Gasteiger partial charge in [0, 0.05) is 25.3 Å². The van der Waals surface area contributed by atoms with E-state index in [1.807, 2.05) is 0 Å². The van der Waals surface area contributed by atoms with Crippen LogP contribution in [0.3, 0.4) is 0 Å². The van der Waals surface area contributed by atoms with Gasteiger partial charge in [-0.3, -0.25) is 0 Å². The third-order valence-electron chi connectivity index (χ3n) is 2.27. The van der Waals surface area contributed by atoms with Gasteiger partial charge in [0.25, 0.3) is 0 Å². The molecule has 2 aromatic heterocycles. The predicted octanol–water partition coefficient (Wildman–Crippen LogP) is 0.500. The summed E-state index contributed by atoms with van der Waals surface area (Å²) in [4.78, 5) is 4.07. The van der Waals surface area contributed by atoms with Gasteiger partial charge in [0.05, 0.1) is 18.0 Å². The molecule has 0 aliphatic carbocycles. The van der Waals surface area contributed by atoms with Gasteiger partial charge in [0.1, 0.15) is 11.5 Å². The third-order valence-corrected chi connectivity index (χ3v) is 2.27. The van der Waals surface area contributed by atoms with Crippen molar-refractivity contribution in [3.63, 3.8) is 0 Å². The first-order valence-corrected chi connectivity index (χ1v) is 4.63. The summed E-state index contributed by atoms with van der Waals surface area (Å²) < 4.78 is 14.6. The van der Waals surface area contributed by atoms with Crippen molar-refractivity contribution in [3.05, 3.63) is 35.5 Å². The Balaban J connectivity index is 2.63. The maximum Gasteiger partial charge on any atom is 0.140 e. The molecule has 2 aromatic rings. The molecule has 0 unspecified atom stereocenters. The Morgan fingerprint density at radius 2 is 2.20 bits per heavy atom. The Morgan fingerprint density at radius 3 is 2.87 bits per heavy atom. The van der Waals surface area contributed by atoms with E-state index in [4.69, 9.17) is 10.2 Å². The highest BCUT2D eigenvalue weighted by molar-refractivity contribution is 5.43. The molecule has 2 rings (SSSR count). The molecular formula is C10H11FN2O2. The van der Waals surface area contributed by atoms with Gasteiger partial charge in [-0.1, -0.05) is 0 Å². The van der Waals surface area contributed by atoms with E-state index in [1.54, 1.807) is 10.6 Å². The molecular weight excluding hydrogens is 199 g/mol. The van der Waals surface area contributed by atoms with Gasteiger partial charge in [-0.15, -0.1) is 0 Å². The van der Waals surface area contributed by atoms with E-state index in [0.29, 0.717) is 17.8 Å². The van der Waals surface area contributed by atoms with Crippen molar-refractivity contribution >= 4 is 5.65 Å². The van der Waals surface area contributed by atoms with Gasteiger partial charge < -0.3 is 14.6 Å². The van der Waals surface area contributed by atoms with Crippen LogP contribution in [0.5, 0.6) is 0 Å². The zero-order valence-corrected chi connectivity index (χ0v) is 8.02. The van der Waals surface area contributed by atoms with Crippen LogP contribution in [0.1, 0.15) is 11.4 Å². The molecule has 0 fully saturated rings. The molecule has 0 saturated carbocycles. The molecule has 15 heavy (non-hydrogen) atoms. The van der Waals surface area contributed by atoms with Crippen LogP contribution in [0.4, 0.5) is 4.39 Å². The normalized spacial score (nSPS) is 11.1. The minimum absolute atomic E-state index is 0.0296. The fourth-order valence-corrected chi connectivity index (χ4v) is 1.62. The summed E-state index contributed by atoms with van der Waals surface area (Å²) in [5.41, 5.74) is 1.65. The molecule has 2 N–H and O–H groups in total. The van der Waals surface area contributed by atoms with Gasteiger partial charge in [-0.25, -0.2) is 9.37 Å². The molecule has 5 heteroatoms. The Labute approximate surface area is 85.6 Å². The molecule has 0 spiro atoms. The number of nitrogens with zero attached hydrogens (tertiary/aromatic N) is 2. The summed E-state index contributed by atoms with van der Waals surface area (Å²) >= 11 is 0. The molecule has 0 aliphatic rings. The number of pyridine rings is 1. The Morgan fingerprint density at radius 1 is 1.40 bits per heavy atom. The second-order valence-electron chi connectivity index (χ2n) is 3.21. The highest BCUT2D eigenvalue weighted by Gasteiger charge is 2.10. The minimum Gasteiger partial charge on any atom is -0.396 e. The Hall–Kier alpha value is -1.46. The number of imidazole rings is 1. The van der Waals surface area contributed by atoms with Gasteiger partial charge in [0.2, 0.25) is 0 Å². The molecule has 0 aliphatic heterocycles. The van der Waals surface area contributed by atoms with Crippen molar-refractivity contribution in [3.8, 4) is 0 Å². The van der Waals surface area contributed by atoms with Crippen molar-refractivity contribution in [1.82, 2.24) is 9.38 Å². The van der Waals surface area contributed by atoms with E-state index >= 15 is 0 Å². The van der Waals surface area contributed by atoms with Gasteiger partial charge in [0.15, 0.2) is 0 Å². The summed E-state index contributed by atoms with van der Waals surface area (Å²) in [7, 11) is 0. The van der Waals surface area contributed by atoms with Crippen LogP contribution in [0, 0.1) is 5.82 Å². The number of aliphatic hydroxyl groups is 2. The first kappa shape index (κ1) is 10.1. The second kappa shape index (κ2) is 3.96. The van der Waals surface area contributed by atoms with Crippen LogP contribution in [0.15, 0.2) is 18.3 Å². The lowest BCUT2D eigenvalue weighted by molar-refractivity contribution is 0.271. The molecule has 0 radical (unpaired) electrons. The van der Waals surface area contributed by atoms with E-state index in [0.717, 1.165) is 5.69 Å². The standard InChI is InChI=1S/C10H11FN2O2/c11-7-1-3-13-9(2-4-14)8(6-15)12-10(13)5-7/h1,3,5,14-15H,2,4,6H2. The highest BCUT2D eigenvalue weighted by atomic mass is 19.1. The van der Waals surface area contributed by atoms with E-state index in [2.05, 4.69) is 4.98 Å². The monoisotopic (exact) mass is 210 g/mol. The lowest BCUT2D eigenvalue weighted by Crippen LogP contribution is -2.00. The fraction of sp³-hybridized carbons (Fsp3) is 0.300. The maximum atomic E-state index is 12.9. The third kappa shape index (κ3) is 1.71.